The van der Waals surface area contributed by atoms with Crippen LogP contribution in [-0.2, 0) is 0 Å². The van der Waals surface area contributed by atoms with Gasteiger partial charge in [0.25, 0.3) is 5.56 Å². The lowest BCUT2D eigenvalue weighted by Crippen LogP contribution is -2.17. The molecule has 0 saturated heterocycles. The third-order valence-electron chi connectivity index (χ3n) is 3.21. The van der Waals surface area contributed by atoms with Gasteiger partial charge in [0.05, 0.1) is 5.69 Å². The van der Waals surface area contributed by atoms with Crippen molar-refractivity contribution in [1.29, 1.82) is 0 Å². The van der Waals surface area contributed by atoms with Crippen molar-refractivity contribution in [2.45, 2.75) is 13.8 Å². The summed E-state index contributed by atoms with van der Waals surface area (Å²) in [6.07, 6.45) is 5.66. The third kappa shape index (κ3) is 2.30. The normalized spacial score (nSPS) is 11.5. The zero-order valence-corrected chi connectivity index (χ0v) is 12.1. The molecule has 0 amide bonds. The average Bonchev–Trinajstić information content (AvgIpc) is 2.90. The zero-order valence-electron chi connectivity index (χ0n) is 11.3. The van der Waals surface area contributed by atoms with Crippen molar-refractivity contribution >= 4 is 28.4 Å². The van der Waals surface area contributed by atoms with Crippen LogP contribution in [0.1, 0.15) is 22.4 Å². The van der Waals surface area contributed by atoms with Gasteiger partial charge < -0.3 is 0 Å². The molecule has 1 aromatic carbocycles. The molecule has 4 heteroatoms. The summed E-state index contributed by atoms with van der Waals surface area (Å²) in [7, 11) is 0. The highest BCUT2D eigenvalue weighted by Gasteiger charge is 2.06. The van der Waals surface area contributed by atoms with Gasteiger partial charge in [-0.2, -0.15) is 0 Å². The molecule has 3 rings (SSSR count). The third-order valence-corrected chi connectivity index (χ3v) is 3.96. The van der Waals surface area contributed by atoms with Gasteiger partial charge in [-0.05, 0) is 25.5 Å². The van der Waals surface area contributed by atoms with Crippen LogP contribution in [0.2, 0.25) is 0 Å². The molecule has 20 heavy (non-hydrogen) atoms. The highest BCUT2D eigenvalue weighted by Crippen LogP contribution is 2.13. The van der Waals surface area contributed by atoms with Gasteiger partial charge >= 0.3 is 0 Å². The zero-order chi connectivity index (χ0) is 14.1. The van der Waals surface area contributed by atoms with Crippen LogP contribution < -0.4 is 5.56 Å². The molecular weight excluding hydrogens is 268 g/mol. The SMILES string of the molecule is Cc1cccc(/C=C/c2nc3sccn3c(=O)c2C)c1. The molecule has 0 bridgehead atoms. The van der Waals surface area contributed by atoms with Gasteiger partial charge in [0.15, 0.2) is 4.96 Å². The van der Waals surface area contributed by atoms with E-state index in [4.69, 9.17) is 0 Å². The Labute approximate surface area is 120 Å². The second-order valence-electron chi connectivity index (χ2n) is 4.73. The lowest BCUT2D eigenvalue weighted by atomic mass is 10.1. The number of hydrogen-bond donors (Lipinski definition) is 0. The van der Waals surface area contributed by atoms with Gasteiger partial charge in [0.2, 0.25) is 0 Å². The first-order valence-corrected chi connectivity index (χ1v) is 7.24. The van der Waals surface area contributed by atoms with E-state index < -0.39 is 0 Å². The van der Waals surface area contributed by atoms with E-state index in [0.29, 0.717) is 5.56 Å². The maximum Gasteiger partial charge on any atom is 0.262 e. The number of rotatable bonds is 2. The predicted octanol–water partition coefficient (Wildman–Crippen LogP) is 3.54. The van der Waals surface area contributed by atoms with E-state index >= 15 is 0 Å². The second kappa shape index (κ2) is 5.06. The quantitative estimate of drug-likeness (QED) is 0.720. The molecule has 0 atom stereocenters. The van der Waals surface area contributed by atoms with Gasteiger partial charge in [0.1, 0.15) is 0 Å². The highest BCUT2D eigenvalue weighted by atomic mass is 32.1. The largest absolute Gasteiger partial charge is 0.269 e. The lowest BCUT2D eigenvalue weighted by molar-refractivity contribution is 1.03. The van der Waals surface area contributed by atoms with E-state index in [1.165, 1.54) is 16.9 Å². The van der Waals surface area contributed by atoms with Gasteiger partial charge in [-0.25, -0.2) is 4.98 Å². The van der Waals surface area contributed by atoms with Crippen LogP contribution in [-0.4, -0.2) is 9.38 Å². The molecule has 0 aliphatic rings. The lowest BCUT2D eigenvalue weighted by Gasteiger charge is -2.01. The van der Waals surface area contributed by atoms with Crippen LogP contribution in [0, 0.1) is 13.8 Å². The summed E-state index contributed by atoms with van der Waals surface area (Å²) in [6, 6.07) is 8.22. The minimum absolute atomic E-state index is 0.000132. The van der Waals surface area contributed by atoms with Crippen molar-refractivity contribution < 1.29 is 0 Å². The first-order valence-electron chi connectivity index (χ1n) is 6.36. The van der Waals surface area contributed by atoms with Gasteiger partial charge in [-0.3, -0.25) is 9.20 Å². The van der Waals surface area contributed by atoms with Crippen molar-refractivity contribution in [3.8, 4) is 0 Å². The number of fused-ring (bicyclic) bond motifs is 1. The highest BCUT2D eigenvalue weighted by molar-refractivity contribution is 7.15. The van der Waals surface area contributed by atoms with Crippen LogP contribution in [0.3, 0.4) is 0 Å². The molecule has 2 heterocycles. The number of benzene rings is 1. The minimum atomic E-state index is 0.000132. The monoisotopic (exact) mass is 282 g/mol. The number of thiazole rings is 1. The Morgan fingerprint density at radius 3 is 2.90 bits per heavy atom. The summed E-state index contributed by atoms with van der Waals surface area (Å²) in [5.74, 6) is 0. The Hall–Kier alpha value is -2.20. The molecular formula is C16H14N2OS. The Morgan fingerprint density at radius 1 is 1.25 bits per heavy atom. The molecule has 0 unspecified atom stereocenters. The molecule has 0 aliphatic carbocycles. The van der Waals surface area contributed by atoms with Crippen LogP contribution in [0.25, 0.3) is 17.1 Å². The van der Waals surface area contributed by atoms with E-state index in [-0.39, 0.29) is 5.56 Å². The van der Waals surface area contributed by atoms with Gasteiger partial charge in [0, 0.05) is 17.1 Å². The minimum Gasteiger partial charge on any atom is -0.269 e. The van der Waals surface area contributed by atoms with Crippen LogP contribution in [0.4, 0.5) is 0 Å². The first-order chi connectivity index (χ1) is 9.65. The maximum absolute atomic E-state index is 12.2. The molecule has 0 fully saturated rings. The first kappa shape index (κ1) is 12.8. The van der Waals surface area contributed by atoms with Crippen LogP contribution in [0.5, 0.6) is 0 Å². The fourth-order valence-electron chi connectivity index (χ4n) is 2.10. The Balaban J connectivity index is 2.06. The molecule has 0 saturated carbocycles. The molecule has 0 aliphatic heterocycles. The Bertz CT molecular complexity index is 858. The van der Waals surface area contributed by atoms with Gasteiger partial charge in [-0.15, -0.1) is 11.3 Å². The number of hydrogen-bond acceptors (Lipinski definition) is 3. The standard InChI is InChI=1S/C16H14N2OS/c1-11-4-3-5-13(10-11)6-7-14-12(2)15(19)18-8-9-20-16(18)17-14/h3-10H,1-2H3/b7-6+. The summed E-state index contributed by atoms with van der Waals surface area (Å²) in [4.78, 5) is 17.4. The summed E-state index contributed by atoms with van der Waals surface area (Å²) in [5.41, 5.74) is 3.73. The number of aryl methyl sites for hydroxylation is 1. The number of aromatic nitrogens is 2. The fourth-order valence-corrected chi connectivity index (χ4v) is 2.81. The average molecular weight is 282 g/mol. The van der Waals surface area contributed by atoms with Crippen molar-refractivity contribution in [2.75, 3.05) is 0 Å². The summed E-state index contributed by atoms with van der Waals surface area (Å²) < 4.78 is 1.59. The van der Waals surface area contributed by atoms with Crippen molar-refractivity contribution in [3.05, 3.63) is 68.6 Å². The Kier molecular flexibility index (Phi) is 3.24. The molecule has 0 radical (unpaired) electrons. The molecule has 0 spiro atoms. The smallest absolute Gasteiger partial charge is 0.262 e. The molecule has 2 aromatic heterocycles. The van der Waals surface area contributed by atoms with Gasteiger partial charge in [-0.1, -0.05) is 35.9 Å². The summed E-state index contributed by atoms with van der Waals surface area (Å²) in [6.45, 7) is 3.88. The Morgan fingerprint density at radius 2 is 2.10 bits per heavy atom. The van der Waals surface area contributed by atoms with Crippen molar-refractivity contribution in [1.82, 2.24) is 9.38 Å². The molecule has 3 nitrogen and oxygen atoms in total. The topological polar surface area (TPSA) is 34.4 Å². The van der Waals surface area contributed by atoms with Crippen molar-refractivity contribution in [3.63, 3.8) is 0 Å². The summed E-state index contributed by atoms with van der Waals surface area (Å²) in [5, 5.41) is 1.87. The van der Waals surface area contributed by atoms with E-state index in [0.717, 1.165) is 16.2 Å². The fraction of sp³-hybridized carbons (Fsp3) is 0.125. The van der Waals surface area contributed by atoms with E-state index in [1.54, 1.807) is 10.6 Å². The molecule has 3 aromatic rings. The molecule has 0 N–H and O–H groups in total. The maximum atomic E-state index is 12.2. The van der Waals surface area contributed by atoms with Crippen LogP contribution >= 0.6 is 11.3 Å². The number of nitrogens with zero attached hydrogens (tertiary/aromatic N) is 2. The second-order valence-corrected chi connectivity index (χ2v) is 5.60. The van der Waals surface area contributed by atoms with E-state index in [2.05, 4.69) is 24.0 Å². The van der Waals surface area contributed by atoms with E-state index in [9.17, 15) is 4.79 Å². The van der Waals surface area contributed by atoms with Crippen molar-refractivity contribution in [2.24, 2.45) is 0 Å². The van der Waals surface area contributed by atoms with E-state index in [1.807, 2.05) is 36.6 Å². The van der Waals surface area contributed by atoms with Crippen LogP contribution in [0.15, 0.2) is 40.6 Å². The summed E-state index contributed by atoms with van der Waals surface area (Å²) >= 11 is 1.47. The molecule has 100 valence electrons. The predicted molar refractivity (Wildman–Crippen MR) is 84.2 cm³/mol.